The van der Waals surface area contributed by atoms with E-state index in [2.05, 4.69) is 15.6 Å². The smallest absolute Gasteiger partial charge is 0.270 e. The number of carbonyl (C=O) groups is 3. The van der Waals surface area contributed by atoms with E-state index in [1.54, 1.807) is 17.7 Å². The first-order valence-electron chi connectivity index (χ1n) is 8.49. The number of nitro groups is 1. The van der Waals surface area contributed by atoms with E-state index in [1.165, 1.54) is 37.4 Å². The lowest BCUT2D eigenvalue weighted by atomic mass is 10.2. The van der Waals surface area contributed by atoms with Crippen LogP contribution in [-0.2, 0) is 11.8 Å². The lowest BCUT2D eigenvalue weighted by Crippen LogP contribution is -2.42. The predicted molar refractivity (Wildman–Crippen MR) is 107 cm³/mol. The Bertz CT molecular complexity index is 1150. The Morgan fingerprint density at radius 1 is 1.28 bits per heavy atom. The maximum atomic E-state index is 12.6. The number of nitrogens with one attached hydrogen (secondary N) is 2. The number of nitro benzene ring substituents is 1. The monoisotopic (exact) mass is 415 g/mol. The molecule has 3 rings (SSSR count). The van der Waals surface area contributed by atoms with Crippen LogP contribution in [0.5, 0.6) is 0 Å². The summed E-state index contributed by atoms with van der Waals surface area (Å²) in [5.74, 6) is -1.20. The zero-order valence-electron chi connectivity index (χ0n) is 15.8. The first-order valence-corrected chi connectivity index (χ1v) is 9.37. The van der Waals surface area contributed by atoms with Crippen LogP contribution in [0.4, 0.5) is 10.8 Å². The van der Waals surface area contributed by atoms with Crippen LogP contribution in [0.15, 0.2) is 29.6 Å². The molecule has 0 radical (unpaired) electrons. The van der Waals surface area contributed by atoms with Gasteiger partial charge in [-0.3, -0.25) is 24.5 Å². The van der Waals surface area contributed by atoms with Crippen molar-refractivity contribution in [3.05, 3.63) is 51.1 Å². The number of fused-ring (bicyclic) bond motifs is 1. The molecule has 10 nitrogen and oxygen atoms in total. The molecule has 150 valence electrons. The number of benzene rings is 1. The van der Waals surface area contributed by atoms with Crippen molar-refractivity contribution in [1.29, 1.82) is 0 Å². The Morgan fingerprint density at radius 2 is 2.00 bits per heavy atom. The second-order valence-corrected chi connectivity index (χ2v) is 7.23. The largest absolute Gasteiger partial charge is 0.340 e. The average Bonchev–Trinajstić information content (AvgIpc) is 3.26. The topological polar surface area (TPSA) is 136 Å². The number of thiazole rings is 1. The molecular formula is C18H17N5O5S. The standard InChI is InChI=1S/C18H17N5O5S/c1-9(16(25)21-18-20-13(8-29-18)10(2)24)19-17(26)15-7-11-6-12(23(27)28)4-5-14(11)22(15)3/h4-9H,1-3H3,(H,19,26)(H,20,21,25)/t9-/m1/s1. The number of rotatable bonds is 6. The van der Waals surface area contributed by atoms with Crippen LogP contribution < -0.4 is 10.6 Å². The third-order valence-electron chi connectivity index (χ3n) is 4.31. The van der Waals surface area contributed by atoms with Crippen molar-refractivity contribution in [1.82, 2.24) is 14.9 Å². The molecule has 29 heavy (non-hydrogen) atoms. The van der Waals surface area contributed by atoms with Gasteiger partial charge < -0.3 is 15.2 Å². The van der Waals surface area contributed by atoms with Crippen LogP contribution in [-0.4, -0.2) is 38.1 Å². The van der Waals surface area contributed by atoms with Crippen molar-refractivity contribution in [3.63, 3.8) is 0 Å². The van der Waals surface area contributed by atoms with Gasteiger partial charge in [0, 0.05) is 42.4 Å². The molecule has 3 aromatic rings. The van der Waals surface area contributed by atoms with Gasteiger partial charge in [0.05, 0.1) is 4.92 Å². The van der Waals surface area contributed by atoms with Crippen LogP contribution in [0.25, 0.3) is 10.9 Å². The Balaban J connectivity index is 1.73. The zero-order valence-corrected chi connectivity index (χ0v) is 16.6. The number of Topliss-reactive ketones (excluding diaryl/α,β-unsaturated/α-hetero) is 1. The summed E-state index contributed by atoms with van der Waals surface area (Å²) in [5, 5.41) is 18.4. The quantitative estimate of drug-likeness (QED) is 0.361. The van der Waals surface area contributed by atoms with Gasteiger partial charge in [0.1, 0.15) is 17.4 Å². The molecule has 0 spiro atoms. The highest BCUT2D eigenvalue weighted by atomic mass is 32.1. The van der Waals surface area contributed by atoms with Crippen LogP contribution in [0, 0.1) is 10.1 Å². The van der Waals surface area contributed by atoms with Gasteiger partial charge in [-0.15, -0.1) is 11.3 Å². The molecule has 0 saturated carbocycles. The lowest BCUT2D eigenvalue weighted by molar-refractivity contribution is -0.384. The molecule has 1 atom stereocenters. The molecule has 0 aliphatic heterocycles. The van der Waals surface area contributed by atoms with Crippen molar-refractivity contribution in [2.75, 3.05) is 5.32 Å². The number of carbonyl (C=O) groups excluding carboxylic acids is 3. The highest BCUT2D eigenvalue weighted by Crippen LogP contribution is 2.24. The molecule has 0 aliphatic carbocycles. The molecule has 1 aromatic carbocycles. The maximum absolute atomic E-state index is 12.6. The molecule has 0 fully saturated rings. The minimum absolute atomic E-state index is 0.0730. The number of hydrogen-bond donors (Lipinski definition) is 2. The summed E-state index contributed by atoms with van der Waals surface area (Å²) >= 11 is 1.11. The first kappa shape index (κ1) is 20.1. The highest BCUT2D eigenvalue weighted by molar-refractivity contribution is 7.14. The fraction of sp³-hybridized carbons (Fsp3) is 0.222. The number of anilines is 1. The van der Waals surface area contributed by atoms with Gasteiger partial charge in [-0.2, -0.15) is 0 Å². The second-order valence-electron chi connectivity index (χ2n) is 6.37. The van der Waals surface area contributed by atoms with E-state index in [4.69, 9.17) is 0 Å². The molecule has 0 bridgehead atoms. The maximum Gasteiger partial charge on any atom is 0.270 e. The number of aromatic nitrogens is 2. The number of hydrogen-bond acceptors (Lipinski definition) is 7. The van der Waals surface area contributed by atoms with E-state index in [1.807, 2.05) is 0 Å². The number of ketones is 1. The average molecular weight is 415 g/mol. The fourth-order valence-electron chi connectivity index (χ4n) is 2.71. The highest BCUT2D eigenvalue weighted by Gasteiger charge is 2.21. The first-order chi connectivity index (χ1) is 13.7. The summed E-state index contributed by atoms with van der Waals surface area (Å²) in [6.45, 7) is 2.89. The minimum Gasteiger partial charge on any atom is -0.340 e. The van der Waals surface area contributed by atoms with Crippen molar-refractivity contribution >= 4 is 50.7 Å². The van der Waals surface area contributed by atoms with Gasteiger partial charge in [0.2, 0.25) is 5.91 Å². The van der Waals surface area contributed by atoms with Gasteiger partial charge in [-0.1, -0.05) is 0 Å². The SMILES string of the molecule is CC(=O)c1csc(NC(=O)[C@@H](C)NC(=O)c2cc3cc([N+](=O)[O-])ccc3n2C)n1. The molecule has 2 amide bonds. The van der Waals surface area contributed by atoms with Gasteiger partial charge in [0.15, 0.2) is 10.9 Å². The predicted octanol–water partition coefficient (Wildman–Crippen LogP) is 2.50. The number of amides is 2. The molecule has 11 heteroatoms. The van der Waals surface area contributed by atoms with E-state index < -0.39 is 22.8 Å². The Morgan fingerprint density at radius 3 is 2.62 bits per heavy atom. The van der Waals surface area contributed by atoms with Gasteiger partial charge in [0.25, 0.3) is 11.6 Å². The zero-order chi connectivity index (χ0) is 21.3. The van der Waals surface area contributed by atoms with Gasteiger partial charge >= 0.3 is 0 Å². The Labute approximate surface area is 168 Å². The molecule has 0 aliphatic rings. The molecular weight excluding hydrogens is 398 g/mol. The summed E-state index contributed by atoms with van der Waals surface area (Å²) < 4.78 is 1.60. The molecule has 2 N–H and O–H groups in total. The molecule has 0 unspecified atom stereocenters. The van der Waals surface area contributed by atoms with Gasteiger partial charge in [-0.05, 0) is 19.1 Å². The molecule has 2 aromatic heterocycles. The van der Waals surface area contributed by atoms with E-state index in [0.717, 1.165) is 11.3 Å². The third kappa shape index (κ3) is 4.14. The van der Waals surface area contributed by atoms with Crippen LogP contribution in [0.2, 0.25) is 0 Å². The summed E-state index contributed by atoms with van der Waals surface area (Å²) in [5.41, 5.74) is 1.09. The summed E-state index contributed by atoms with van der Waals surface area (Å²) in [6, 6.07) is 4.97. The minimum atomic E-state index is -0.875. The molecule has 2 heterocycles. The summed E-state index contributed by atoms with van der Waals surface area (Å²) in [6.07, 6.45) is 0. The van der Waals surface area contributed by atoms with E-state index in [-0.39, 0.29) is 28.0 Å². The lowest BCUT2D eigenvalue weighted by Gasteiger charge is -2.13. The number of nitrogens with zero attached hydrogens (tertiary/aromatic N) is 3. The van der Waals surface area contributed by atoms with E-state index in [0.29, 0.717) is 10.9 Å². The fourth-order valence-corrected chi connectivity index (χ4v) is 3.46. The van der Waals surface area contributed by atoms with Crippen molar-refractivity contribution in [2.45, 2.75) is 19.9 Å². The van der Waals surface area contributed by atoms with E-state index >= 15 is 0 Å². The Hall–Kier alpha value is -3.60. The van der Waals surface area contributed by atoms with Crippen LogP contribution in [0.3, 0.4) is 0 Å². The van der Waals surface area contributed by atoms with Crippen molar-refractivity contribution in [2.24, 2.45) is 7.05 Å². The van der Waals surface area contributed by atoms with Crippen molar-refractivity contribution < 1.29 is 19.3 Å². The van der Waals surface area contributed by atoms with Crippen LogP contribution in [0.1, 0.15) is 34.8 Å². The Kier molecular flexibility index (Phi) is 5.41. The normalized spacial score (nSPS) is 11.8. The third-order valence-corrected chi connectivity index (χ3v) is 5.06. The summed E-state index contributed by atoms with van der Waals surface area (Å²) in [7, 11) is 1.66. The summed E-state index contributed by atoms with van der Waals surface area (Å²) in [4.78, 5) is 50.6. The second kappa shape index (κ2) is 7.80. The van der Waals surface area contributed by atoms with Crippen LogP contribution >= 0.6 is 11.3 Å². The number of aryl methyl sites for hydroxylation is 1. The van der Waals surface area contributed by atoms with E-state index in [9.17, 15) is 24.5 Å². The van der Waals surface area contributed by atoms with Crippen molar-refractivity contribution in [3.8, 4) is 0 Å². The number of non-ortho nitro benzene ring substituents is 1. The molecule has 0 saturated heterocycles. The van der Waals surface area contributed by atoms with Gasteiger partial charge in [-0.25, -0.2) is 4.98 Å².